The van der Waals surface area contributed by atoms with Crippen molar-refractivity contribution < 1.29 is 4.74 Å². The summed E-state index contributed by atoms with van der Waals surface area (Å²) in [4.78, 5) is 0. The van der Waals surface area contributed by atoms with E-state index in [1.807, 2.05) is 0 Å². The van der Waals surface area contributed by atoms with E-state index in [1.165, 1.54) is 0 Å². The Bertz CT molecular complexity index is 77.7. The fourth-order valence-electron chi connectivity index (χ4n) is 0.737. The van der Waals surface area contributed by atoms with E-state index < -0.39 is 0 Å². The summed E-state index contributed by atoms with van der Waals surface area (Å²) in [6.45, 7) is 1.98. The first kappa shape index (κ1) is 5.97. The summed E-state index contributed by atoms with van der Waals surface area (Å²) >= 11 is 0. The van der Waals surface area contributed by atoms with E-state index in [0.717, 1.165) is 6.54 Å². The first-order valence-electron chi connectivity index (χ1n) is 2.67. The van der Waals surface area contributed by atoms with Gasteiger partial charge in [0.1, 0.15) is 6.23 Å². The van der Waals surface area contributed by atoms with Crippen molar-refractivity contribution in [2.45, 2.75) is 6.23 Å². The molecular formula is C4H11N3O. The lowest BCUT2D eigenvalue weighted by Gasteiger charge is -2.13. The summed E-state index contributed by atoms with van der Waals surface area (Å²) in [5.41, 5.74) is 5.28. The van der Waals surface area contributed by atoms with Gasteiger partial charge < -0.3 is 10.5 Å². The number of hydrazine groups is 1. The lowest BCUT2D eigenvalue weighted by Crippen LogP contribution is -2.41. The second kappa shape index (κ2) is 2.41. The Balaban J connectivity index is 2.30. The van der Waals surface area contributed by atoms with Crippen LogP contribution in [-0.2, 0) is 4.74 Å². The van der Waals surface area contributed by atoms with Crippen LogP contribution in [-0.4, -0.2) is 30.9 Å². The van der Waals surface area contributed by atoms with Crippen LogP contribution in [0.4, 0.5) is 0 Å². The third-order valence-electron chi connectivity index (χ3n) is 1.23. The van der Waals surface area contributed by atoms with Crippen molar-refractivity contribution in [2.24, 2.45) is 11.6 Å². The molecule has 1 fully saturated rings. The molecule has 8 heavy (non-hydrogen) atoms. The largest absolute Gasteiger partial charge is 0.359 e. The predicted molar refractivity (Wildman–Crippen MR) is 29.7 cm³/mol. The van der Waals surface area contributed by atoms with Crippen LogP contribution >= 0.6 is 0 Å². The smallest absolute Gasteiger partial charge is 0.135 e. The van der Waals surface area contributed by atoms with Gasteiger partial charge in [0.05, 0.1) is 6.61 Å². The molecule has 1 rings (SSSR count). The van der Waals surface area contributed by atoms with Crippen LogP contribution in [0.25, 0.3) is 0 Å². The normalized spacial score (nSPS) is 31.5. The van der Waals surface area contributed by atoms with Crippen LogP contribution in [0.3, 0.4) is 0 Å². The van der Waals surface area contributed by atoms with Crippen molar-refractivity contribution in [2.75, 3.05) is 19.7 Å². The Morgan fingerprint density at radius 2 is 2.50 bits per heavy atom. The minimum Gasteiger partial charge on any atom is -0.359 e. The molecule has 4 N–H and O–H groups in total. The van der Waals surface area contributed by atoms with Crippen LogP contribution in [0.15, 0.2) is 0 Å². The molecule has 1 unspecified atom stereocenters. The molecule has 1 atom stereocenters. The number of rotatable bonds is 1. The highest BCUT2D eigenvalue weighted by Gasteiger charge is 2.19. The highest BCUT2D eigenvalue weighted by Crippen LogP contribution is 2.00. The van der Waals surface area contributed by atoms with Crippen molar-refractivity contribution in [1.82, 2.24) is 5.01 Å². The van der Waals surface area contributed by atoms with E-state index in [1.54, 1.807) is 5.01 Å². The number of ether oxygens (including phenoxy) is 1. The molecule has 0 saturated carbocycles. The van der Waals surface area contributed by atoms with Gasteiger partial charge in [-0.25, -0.2) is 5.01 Å². The fourth-order valence-corrected chi connectivity index (χ4v) is 0.737. The molecule has 4 nitrogen and oxygen atoms in total. The molecule has 0 radical (unpaired) electrons. The van der Waals surface area contributed by atoms with Crippen LogP contribution in [0.5, 0.6) is 0 Å². The van der Waals surface area contributed by atoms with E-state index in [0.29, 0.717) is 13.2 Å². The van der Waals surface area contributed by atoms with E-state index in [-0.39, 0.29) is 6.23 Å². The highest BCUT2D eigenvalue weighted by molar-refractivity contribution is 4.63. The molecule has 0 aromatic carbocycles. The maximum absolute atomic E-state index is 5.42. The Kier molecular flexibility index (Phi) is 1.80. The first-order chi connectivity index (χ1) is 3.84. The van der Waals surface area contributed by atoms with Gasteiger partial charge in [-0.15, -0.1) is 0 Å². The number of nitrogens with two attached hydrogens (primary N) is 2. The van der Waals surface area contributed by atoms with Gasteiger partial charge in [0.15, 0.2) is 0 Å². The van der Waals surface area contributed by atoms with Crippen LogP contribution in [0.1, 0.15) is 0 Å². The topological polar surface area (TPSA) is 64.5 Å². The molecule has 0 amide bonds. The number of nitrogens with zero attached hydrogens (tertiary/aromatic N) is 1. The van der Waals surface area contributed by atoms with Gasteiger partial charge in [0.2, 0.25) is 0 Å². The third kappa shape index (κ3) is 0.976. The lowest BCUT2D eigenvalue weighted by molar-refractivity contribution is 0.0413. The van der Waals surface area contributed by atoms with Gasteiger partial charge >= 0.3 is 0 Å². The minimum atomic E-state index is -0.0463. The van der Waals surface area contributed by atoms with Crippen LogP contribution in [0.2, 0.25) is 0 Å². The van der Waals surface area contributed by atoms with Crippen molar-refractivity contribution in [1.29, 1.82) is 0 Å². The number of hydrogen-bond donors (Lipinski definition) is 2. The van der Waals surface area contributed by atoms with E-state index in [4.69, 9.17) is 16.3 Å². The second-order valence-electron chi connectivity index (χ2n) is 1.80. The third-order valence-corrected chi connectivity index (χ3v) is 1.23. The predicted octanol–water partition coefficient (Wildman–Crippen LogP) is -1.52. The molecule has 48 valence electrons. The van der Waals surface area contributed by atoms with Gasteiger partial charge in [-0.2, -0.15) is 0 Å². The molecule has 0 aromatic heterocycles. The van der Waals surface area contributed by atoms with Gasteiger partial charge in [-0.3, -0.25) is 5.84 Å². The zero-order valence-electron chi connectivity index (χ0n) is 4.71. The lowest BCUT2D eigenvalue weighted by atomic mass is 10.6. The zero-order valence-corrected chi connectivity index (χ0v) is 4.71. The van der Waals surface area contributed by atoms with E-state index in [9.17, 15) is 0 Å². The molecule has 4 heteroatoms. The summed E-state index contributed by atoms with van der Waals surface area (Å²) in [5, 5.41) is 1.61. The Hall–Kier alpha value is -0.160. The van der Waals surface area contributed by atoms with Crippen molar-refractivity contribution >= 4 is 0 Å². The molecule has 1 aliphatic rings. The molecule has 1 heterocycles. The molecule has 0 spiro atoms. The SMILES string of the molecule is NCC1OCCN1N. The molecular weight excluding hydrogens is 106 g/mol. The summed E-state index contributed by atoms with van der Waals surface area (Å²) in [5.74, 6) is 5.42. The second-order valence-corrected chi connectivity index (χ2v) is 1.80. The van der Waals surface area contributed by atoms with Gasteiger partial charge in [0.25, 0.3) is 0 Å². The molecule has 1 saturated heterocycles. The Morgan fingerprint density at radius 1 is 1.75 bits per heavy atom. The number of hydrogen-bond acceptors (Lipinski definition) is 4. The van der Waals surface area contributed by atoms with Crippen LogP contribution in [0, 0.1) is 0 Å². The summed E-state index contributed by atoms with van der Waals surface area (Å²) in [6.07, 6.45) is -0.0463. The molecule has 0 bridgehead atoms. The van der Waals surface area contributed by atoms with E-state index >= 15 is 0 Å². The summed E-state index contributed by atoms with van der Waals surface area (Å²) < 4.78 is 5.09. The standard InChI is InChI=1S/C4H11N3O/c5-3-4-7(6)1-2-8-4/h4H,1-3,5-6H2. The van der Waals surface area contributed by atoms with Gasteiger partial charge in [0, 0.05) is 13.1 Å². The first-order valence-corrected chi connectivity index (χ1v) is 2.67. The summed E-state index contributed by atoms with van der Waals surface area (Å²) in [6, 6.07) is 0. The van der Waals surface area contributed by atoms with Crippen molar-refractivity contribution in [3.05, 3.63) is 0 Å². The highest BCUT2D eigenvalue weighted by atomic mass is 16.5. The van der Waals surface area contributed by atoms with E-state index in [2.05, 4.69) is 0 Å². The average molecular weight is 117 g/mol. The summed E-state index contributed by atoms with van der Waals surface area (Å²) in [7, 11) is 0. The van der Waals surface area contributed by atoms with Gasteiger partial charge in [-0.05, 0) is 0 Å². The Morgan fingerprint density at radius 3 is 2.75 bits per heavy atom. The fraction of sp³-hybridized carbons (Fsp3) is 1.00. The van der Waals surface area contributed by atoms with Gasteiger partial charge in [-0.1, -0.05) is 0 Å². The average Bonchev–Trinajstić information content (AvgIpc) is 2.14. The molecule has 0 aromatic rings. The Labute approximate surface area is 48.4 Å². The quantitative estimate of drug-likeness (QED) is 0.409. The zero-order chi connectivity index (χ0) is 5.98. The molecule has 0 aliphatic carbocycles. The maximum atomic E-state index is 5.42. The maximum Gasteiger partial charge on any atom is 0.135 e. The molecule has 1 aliphatic heterocycles. The van der Waals surface area contributed by atoms with Crippen molar-refractivity contribution in [3.8, 4) is 0 Å². The van der Waals surface area contributed by atoms with Crippen LogP contribution < -0.4 is 11.6 Å². The minimum absolute atomic E-state index is 0.0463. The monoisotopic (exact) mass is 117 g/mol. The van der Waals surface area contributed by atoms with Crippen molar-refractivity contribution in [3.63, 3.8) is 0 Å².